The summed E-state index contributed by atoms with van der Waals surface area (Å²) in [7, 11) is -3.50. The minimum absolute atomic E-state index is 0.0983. The first-order valence-corrected chi connectivity index (χ1v) is 8.08. The van der Waals surface area contributed by atoms with Crippen LogP contribution in [0.1, 0.15) is 19.3 Å². The third kappa shape index (κ3) is 3.45. The molecular weight excluding hydrogens is 288 g/mol. The van der Waals surface area contributed by atoms with Crippen molar-refractivity contribution in [2.24, 2.45) is 5.92 Å². The predicted octanol–water partition coefficient (Wildman–Crippen LogP) is 1.52. The molecule has 0 saturated carbocycles. The Morgan fingerprint density at radius 2 is 2.26 bits per heavy atom. The van der Waals surface area contributed by atoms with Crippen molar-refractivity contribution in [1.29, 1.82) is 0 Å². The summed E-state index contributed by atoms with van der Waals surface area (Å²) in [5, 5.41) is 9.24. The van der Waals surface area contributed by atoms with Crippen molar-refractivity contribution in [3.05, 3.63) is 23.5 Å². The van der Waals surface area contributed by atoms with E-state index < -0.39 is 10.0 Å². The molecule has 19 heavy (non-hydrogen) atoms. The largest absolute Gasteiger partial charge is 0.396 e. The Kier molecular flexibility index (Phi) is 4.78. The van der Waals surface area contributed by atoms with Gasteiger partial charge in [-0.3, -0.25) is 0 Å². The van der Waals surface area contributed by atoms with Gasteiger partial charge in [0.2, 0.25) is 10.0 Å². The summed E-state index contributed by atoms with van der Waals surface area (Å²) in [5.41, 5.74) is 0. The predicted molar refractivity (Wildman–Crippen MR) is 72.4 cm³/mol. The van der Waals surface area contributed by atoms with E-state index in [-0.39, 0.29) is 22.6 Å². The van der Waals surface area contributed by atoms with Gasteiger partial charge in [0.15, 0.2) is 0 Å². The molecular formula is C12H17ClN2O3S. The molecule has 0 bridgehead atoms. The molecule has 1 N–H and O–H groups in total. The number of aromatic nitrogens is 1. The normalized spacial score (nSPS) is 21.5. The van der Waals surface area contributed by atoms with E-state index in [1.807, 2.05) is 0 Å². The van der Waals surface area contributed by atoms with Crippen LogP contribution in [0.4, 0.5) is 0 Å². The summed E-state index contributed by atoms with van der Waals surface area (Å²) in [6.07, 6.45) is 3.72. The van der Waals surface area contributed by atoms with E-state index in [1.54, 1.807) is 0 Å². The second kappa shape index (κ2) is 6.17. The molecule has 0 amide bonds. The van der Waals surface area contributed by atoms with Gasteiger partial charge in [0.1, 0.15) is 10.0 Å². The average molecular weight is 305 g/mol. The van der Waals surface area contributed by atoms with E-state index >= 15 is 0 Å². The van der Waals surface area contributed by atoms with Gasteiger partial charge in [-0.25, -0.2) is 13.4 Å². The van der Waals surface area contributed by atoms with Crippen LogP contribution in [0.25, 0.3) is 0 Å². The van der Waals surface area contributed by atoms with Gasteiger partial charge in [-0.05, 0) is 37.3 Å². The van der Waals surface area contributed by atoms with E-state index in [1.165, 1.54) is 22.6 Å². The molecule has 1 fully saturated rings. The number of pyridine rings is 1. The summed E-state index contributed by atoms with van der Waals surface area (Å²) in [6.45, 7) is 1.08. The van der Waals surface area contributed by atoms with Crippen molar-refractivity contribution in [3.63, 3.8) is 0 Å². The second-order valence-electron chi connectivity index (χ2n) is 4.70. The standard InChI is InChI=1S/C12H17ClN2O3S/c13-12-4-3-11(8-14-12)19(17,18)15-6-1-2-10(9-15)5-7-16/h3-4,8,10,16H,1-2,5-7,9H2. The lowest BCUT2D eigenvalue weighted by Crippen LogP contribution is -2.40. The number of piperidine rings is 1. The highest BCUT2D eigenvalue weighted by Crippen LogP contribution is 2.25. The number of halogens is 1. The molecule has 0 aliphatic carbocycles. The summed E-state index contributed by atoms with van der Waals surface area (Å²) in [6, 6.07) is 2.95. The van der Waals surface area contributed by atoms with E-state index in [4.69, 9.17) is 16.7 Å². The maximum Gasteiger partial charge on any atom is 0.244 e. The Balaban J connectivity index is 2.17. The highest BCUT2D eigenvalue weighted by atomic mass is 35.5. The van der Waals surface area contributed by atoms with Crippen LogP contribution >= 0.6 is 11.6 Å². The number of aliphatic hydroxyl groups is 1. The molecule has 0 spiro atoms. The number of hydrogen-bond acceptors (Lipinski definition) is 4. The molecule has 106 valence electrons. The molecule has 2 heterocycles. The molecule has 0 radical (unpaired) electrons. The van der Waals surface area contributed by atoms with Gasteiger partial charge in [0.25, 0.3) is 0 Å². The molecule has 1 unspecified atom stereocenters. The molecule has 1 aromatic heterocycles. The van der Waals surface area contributed by atoms with Crippen LogP contribution in [-0.2, 0) is 10.0 Å². The quantitative estimate of drug-likeness (QED) is 0.856. The van der Waals surface area contributed by atoms with Gasteiger partial charge >= 0.3 is 0 Å². The van der Waals surface area contributed by atoms with Gasteiger partial charge in [0.05, 0.1) is 0 Å². The Hall–Kier alpha value is -0.690. The number of nitrogens with zero attached hydrogens (tertiary/aromatic N) is 2. The van der Waals surface area contributed by atoms with Crippen molar-refractivity contribution >= 4 is 21.6 Å². The summed E-state index contributed by atoms with van der Waals surface area (Å²) < 4.78 is 26.3. The van der Waals surface area contributed by atoms with Crippen LogP contribution in [0.2, 0.25) is 5.15 Å². The van der Waals surface area contributed by atoms with Crippen LogP contribution < -0.4 is 0 Å². The fraction of sp³-hybridized carbons (Fsp3) is 0.583. The first kappa shape index (κ1) is 14.7. The van der Waals surface area contributed by atoms with Crippen molar-refractivity contribution in [1.82, 2.24) is 9.29 Å². The first-order valence-electron chi connectivity index (χ1n) is 6.26. The van der Waals surface area contributed by atoms with Crippen molar-refractivity contribution in [3.8, 4) is 0 Å². The van der Waals surface area contributed by atoms with Gasteiger partial charge in [0, 0.05) is 25.9 Å². The number of rotatable bonds is 4. The Morgan fingerprint density at radius 3 is 2.89 bits per heavy atom. The molecule has 1 aliphatic heterocycles. The van der Waals surface area contributed by atoms with Crippen LogP contribution in [0, 0.1) is 5.92 Å². The van der Waals surface area contributed by atoms with Crippen LogP contribution in [-0.4, -0.2) is 42.5 Å². The van der Waals surface area contributed by atoms with Gasteiger partial charge in [-0.1, -0.05) is 11.6 Å². The zero-order chi connectivity index (χ0) is 13.9. The minimum atomic E-state index is -3.50. The van der Waals surface area contributed by atoms with Crippen LogP contribution in [0.5, 0.6) is 0 Å². The zero-order valence-corrected chi connectivity index (χ0v) is 12.1. The monoisotopic (exact) mass is 304 g/mol. The molecule has 7 heteroatoms. The third-order valence-corrected chi connectivity index (χ3v) is 5.43. The van der Waals surface area contributed by atoms with Crippen molar-refractivity contribution < 1.29 is 13.5 Å². The Morgan fingerprint density at radius 1 is 1.47 bits per heavy atom. The lowest BCUT2D eigenvalue weighted by molar-refractivity contribution is 0.203. The molecule has 0 aromatic carbocycles. The smallest absolute Gasteiger partial charge is 0.244 e. The number of sulfonamides is 1. The molecule has 2 rings (SSSR count). The summed E-state index contributed by atoms with van der Waals surface area (Å²) in [5.74, 6) is 0.230. The number of hydrogen-bond donors (Lipinski definition) is 1. The maximum atomic E-state index is 12.4. The van der Waals surface area contributed by atoms with E-state index in [0.717, 1.165) is 12.8 Å². The molecule has 1 aromatic rings. The molecule has 1 atom stereocenters. The maximum absolute atomic E-state index is 12.4. The number of aliphatic hydroxyl groups excluding tert-OH is 1. The topological polar surface area (TPSA) is 70.5 Å². The Bertz CT molecular complexity index is 516. The third-order valence-electron chi connectivity index (χ3n) is 3.36. The fourth-order valence-electron chi connectivity index (χ4n) is 2.33. The molecule has 1 saturated heterocycles. The lowest BCUT2D eigenvalue weighted by Gasteiger charge is -2.31. The zero-order valence-electron chi connectivity index (χ0n) is 10.5. The summed E-state index contributed by atoms with van der Waals surface area (Å²) in [4.78, 5) is 3.98. The van der Waals surface area contributed by atoms with Crippen LogP contribution in [0.3, 0.4) is 0 Å². The molecule has 5 nitrogen and oxygen atoms in total. The SMILES string of the molecule is O=S(=O)(c1ccc(Cl)nc1)N1CCCC(CCO)C1. The minimum Gasteiger partial charge on any atom is -0.396 e. The van der Waals surface area contributed by atoms with Gasteiger partial charge in [-0.2, -0.15) is 4.31 Å². The van der Waals surface area contributed by atoms with E-state index in [2.05, 4.69) is 4.98 Å². The summed E-state index contributed by atoms with van der Waals surface area (Å²) >= 11 is 5.66. The highest BCUT2D eigenvalue weighted by molar-refractivity contribution is 7.89. The average Bonchev–Trinajstić information content (AvgIpc) is 2.40. The van der Waals surface area contributed by atoms with Crippen LogP contribution in [0.15, 0.2) is 23.2 Å². The van der Waals surface area contributed by atoms with E-state index in [9.17, 15) is 8.42 Å². The molecule has 1 aliphatic rings. The van der Waals surface area contributed by atoms with Crippen molar-refractivity contribution in [2.45, 2.75) is 24.2 Å². The van der Waals surface area contributed by atoms with Crippen molar-refractivity contribution in [2.75, 3.05) is 19.7 Å². The lowest BCUT2D eigenvalue weighted by atomic mass is 9.97. The van der Waals surface area contributed by atoms with E-state index in [0.29, 0.717) is 19.5 Å². The second-order valence-corrected chi connectivity index (χ2v) is 7.03. The van der Waals surface area contributed by atoms with Gasteiger partial charge < -0.3 is 5.11 Å². The van der Waals surface area contributed by atoms with Gasteiger partial charge in [-0.15, -0.1) is 0 Å². The Labute approximate surface area is 118 Å². The highest BCUT2D eigenvalue weighted by Gasteiger charge is 2.30. The fourth-order valence-corrected chi connectivity index (χ4v) is 3.94. The first-order chi connectivity index (χ1) is 9.04.